The molecule has 0 bridgehead atoms. The zero-order valence-corrected chi connectivity index (χ0v) is 15.8. The molecule has 1 aliphatic heterocycles. The standard InChI is InChI=1S/C20H26N2O2S/c1-16(19-4-3-15-25-19)21-11-13-22(14-12-21)20(23)10-7-17-5-8-18(24-2)9-6-17/h3-6,8-9,15-16H,7,10-14H2,1-2H3. The summed E-state index contributed by atoms with van der Waals surface area (Å²) >= 11 is 1.81. The zero-order valence-electron chi connectivity index (χ0n) is 15.0. The third-order valence-electron chi connectivity index (χ3n) is 4.96. The molecular formula is C20H26N2O2S. The maximum absolute atomic E-state index is 12.5. The lowest BCUT2D eigenvalue weighted by Crippen LogP contribution is -2.49. The van der Waals surface area contributed by atoms with Gasteiger partial charge in [0.2, 0.25) is 5.91 Å². The van der Waals surface area contributed by atoms with E-state index in [9.17, 15) is 4.79 Å². The van der Waals surface area contributed by atoms with Crippen LogP contribution in [0.4, 0.5) is 0 Å². The summed E-state index contributed by atoms with van der Waals surface area (Å²) in [5.41, 5.74) is 1.18. The number of carbonyl (C=O) groups excluding carboxylic acids is 1. The number of thiophene rings is 1. The number of aryl methyl sites for hydroxylation is 1. The van der Waals surface area contributed by atoms with Gasteiger partial charge in [0.25, 0.3) is 0 Å². The quantitative estimate of drug-likeness (QED) is 0.791. The highest BCUT2D eigenvalue weighted by molar-refractivity contribution is 7.10. The van der Waals surface area contributed by atoms with Gasteiger partial charge in [-0.15, -0.1) is 11.3 Å². The second-order valence-electron chi connectivity index (χ2n) is 6.46. The summed E-state index contributed by atoms with van der Waals surface area (Å²) in [6.45, 7) is 5.82. The number of hydrogen-bond acceptors (Lipinski definition) is 4. The first-order valence-corrected chi connectivity index (χ1v) is 9.73. The maximum atomic E-state index is 12.5. The first-order chi connectivity index (χ1) is 12.2. The van der Waals surface area contributed by atoms with Crippen molar-refractivity contribution in [3.05, 3.63) is 52.2 Å². The molecule has 2 aromatic rings. The number of hydrogen-bond donors (Lipinski definition) is 0. The monoisotopic (exact) mass is 358 g/mol. The second-order valence-corrected chi connectivity index (χ2v) is 7.44. The van der Waals surface area contributed by atoms with E-state index in [0.717, 1.165) is 38.3 Å². The lowest BCUT2D eigenvalue weighted by atomic mass is 10.1. The Labute approximate surface area is 154 Å². The average Bonchev–Trinajstić information content (AvgIpc) is 3.21. The first-order valence-electron chi connectivity index (χ1n) is 8.85. The van der Waals surface area contributed by atoms with Gasteiger partial charge >= 0.3 is 0 Å². The summed E-state index contributed by atoms with van der Waals surface area (Å²) in [5.74, 6) is 1.12. The molecule has 1 aliphatic rings. The van der Waals surface area contributed by atoms with Gasteiger partial charge < -0.3 is 9.64 Å². The molecule has 0 saturated carbocycles. The van der Waals surface area contributed by atoms with Gasteiger partial charge in [-0.05, 0) is 42.5 Å². The Kier molecular flexibility index (Phi) is 6.10. The van der Waals surface area contributed by atoms with E-state index in [1.54, 1.807) is 7.11 Å². The fourth-order valence-electron chi connectivity index (χ4n) is 3.27. The van der Waals surface area contributed by atoms with Gasteiger partial charge in [-0.1, -0.05) is 18.2 Å². The number of amides is 1. The molecule has 1 unspecified atom stereocenters. The van der Waals surface area contributed by atoms with E-state index in [1.165, 1.54) is 10.4 Å². The van der Waals surface area contributed by atoms with Gasteiger partial charge in [0, 0.05) is 43.5 Å². The second kappa shape index (κ2) is 8.50. The SMILES string of the molecule is COc1ccc(CCC(=O)N2CCN(C(C)c3cccs3)CC2)cc1. The molecule has 5 heteroatoms. The normalized spacial score (nSPS) is 16.6. The molecule has 1 fully saturated rings. The molecule has 25 heavy (non-hydrogen) atoms. The topological polar surface area (TPSA) is 32.8 Å². The van der Waals surface area contributed by atoms with Crippen molar-refractivity contribution in [3.63, 3.8) is 0 Å². The van der Waals surface area contributed by atoms with Crippen LogP contribution in [0, 0.1) is 0 Å². The van der Waals surface area contributed by atoms with Crippen molar-refractivity contribution in [2.24, 2.45) is 0 Å². The smallest absolute Gasteiger partial charge is 0.222 e. The van der Waals surface area contributed by atoms with E-state index in [4.69, 9.17) is 4.74 Å². The number of methoxy groups -OCH3 is 1. The number of rotatable bonds is 6. The van der Waals surface area contributed by atoms with Crippen molar-refractivity contribution in [2.75, 3.05) is 33.3 Å². The van der Waals surface area contributed by atoms with Crippen LogP contribution in [0.3, 0.4) is 0 Å². The van der Waals surface area contributed by atoms with Crippen LogP contribution in [0.15, 0.2) is 41.8 Å². The van der Waals surface area contributed by atoms with Gasteiger partial charge in [-0.3, -0.25) is 9.69 Å². The van der Waals surface area contributed by atoms with Crippen LogP contribution in [-0.4, -0.2) is 49.0 Å². The van der Waals surface area contributed by atoms with E-state index < -0.39 is 0 Å². The van der Waals surface area contributed by atoms with Crippen molar-refractivity contribution in [1.82, 2.24) is 9.80 Å². The highest BCUT2D eigenvalue weighted by Crippen LogP contribution is 2.25. The Balaban J connectivity index is 1.44. The minimum absolute atomic E-state index is 0.263. The molecular weight excluding hydrogens is 332 g/mol. The molecule has 0 radical (unpaired) electrons. The Morgan fingerprint density at radius 3 is 2.48 bits per heavy atom. The highest BCUT2D eigenvalue weighted by Gasteiger charge is 2.24. The van der Waals surface area contributed by atoms with Crippen molar-refractivity contribution >= 4 is 17.2 Å². The van der Waals surface area contributed by atoms with E-state index in [-0.39, 0.29) is 5.91 Å². The van der Waals surface area contributed by atoms with E-state index >= 15 is 0 Å². The minimum atomic E-state index is 0.263. The average molecular weight is 359 g/mol. The van der Waals surface area contributed by atoms with Crippen LogP contribution in [-0.2, 0) is 11.2 Å². The molecule has 2 heterocycles. The summed E-state index contributed by atoms with van der Waals surface area (Å²) < 4.78 is 5.17. The molecule has 0 aliphatic carbocycles. The predicted octanol–water partition coefficient (Wildman–Crippen LogP) is 3.59. The number of benzene rings is 1. The van der Waals surface area contributed by atoms with Crippen LogP contribution in [0.1, 0.15) is 29.8 Å². The number of nitrogens with zero attached hydrogens (tertiary/aromatic N) is 2. The Hall–Kier alpha value is -1.85. The molecule has 1 saturated heterocycles. The molecule has 3 rings (SSSR count). The van der Waals surface area contributed by atoms with Crippen LogP contribution < -0.4 is 4.74 Å². The fraction of sp³-hybridized carbons (Fsp3) is 0.450. The Morgan fingerprint density at radius 1 is 1.16 bits per heavy atom. The summed E-state index contributed by atoms with van der Waals surface area (Å²) in [6.07, 6.45) is 1.36. The molecule has 1 atom stereocenters. The number of ether oxygens (including phenoxy) is 1. The van der Waals surface area contributed by atoms with Gasteiger partial charge in [0.05, 0.1) is 7.11 Å². The fourth-order valence-corrected chi connectivity index (χ4v) is 4.09. The van der Waals surface area contributed by atoms with Crippen molar-refractivity contribution in [3.8, 4) is 5.75 Å². The van der Waals surface area contributed by atoms with Crippen molar-refractivity contribution < 1.29 is 9.53 Å². The molecule has 1 aromatic carbocycles. The van der Waals surface area contributed by atoms with Crippen molar-refractivity contribution in [1.29, 1.82) is 0 Å². The molecule has 134 valence electrons. The summed E-state index contributed by atoms with van der Waals surface area (Å²) in [7, 11) is 1.66. The molecule has 1 aromatic heterocycles. The summed E-state index contributed by atoms with van der Waals surface area (Å²) in [5, 5.41) is 2.13. The largest absolute Gasteiger partial charge is 0.497 e. The van der Waals surface area contributed by atoms with E-state index in [1.807, 2.05) is 40.5 Å². The lowest BCUT2D eigenvalue weighted by molar-refractivity contribution is -0.133. The van der Waals surface area contributed by atoms with Gasteiger partial charge in [0.1, 0.15) is 5.75 Å². The maximum Gasteiger partial charge on any atom is 0.222 e. The third-order valence-corrected chi connectivity index (χ3v) is 6.00. The van der Waals surface area contributed by atoms with Crippen LogP contribution >= 0.6 is 11.3 Å². The van der Waals surface area contributed by atoms with Gasteiger partial charge in [0.15, 0.2) is 0 Å². The molecule has 1 amide bonds. The van der Waals surface area contributed by atoms with Crippen molar-refractivity contribution in [2.45, 2.75) is 25.8 Å². The zero-order chi connectivity index (χ0) is 17.6. The summed E-state index contributed by atoms with van der Waals surface area (Å²) in [6, 6.07) is 12.7. The highest BCUT2D eigenvalue weighted by atomic mass is 32.1. The van der Waals surface area contributed by atoms with Gasteiger partial charge in [-0.25, -0.2) is 0 Å². The third kappa shape index (κ3) is 4.61. The van der Waals surface area contributed by atoms with E-state index in [0.29, 0.717) is 12.5 Å². The molecule has 4 nitrogen and oxygen atoms in total. The molecule has 0 spiro atoms. The molecule has 0 N–H and O–H groups in total. The lowest BCUT2D eigenvalue weighted by Gasteiger charge is -2.37. The van der Waals surface area contributed by atoms with E-state index in [2.05, 4.69) is 29.3 Å². The van der Waals surface area contributed by atoms with Crippen LogP contribution in [0.2, 0.25) is 0 Å². The van der Waals surface area contributed by atoms with Crippen LogP contribution in [0.25, 0.3) is 0 Å². The first kappa shape index (κ1) is 18.0. The number of piperazine rings is 1. The van der Waals surface area contributed by atoms with Gasteiger partial charge in [-0.2, -0.15) is 0 Å². The minimum Gasteiger partial charge on any atom is -0.497 e. The Morgan fingerprint density at radius 2 is 1.88 bits per heavy atom. The predicted molar refractivity (Wildman–Crippen MR) is 102 cm³/mol. The van der Waals surface area contributed by atoms with Crippen LogP contribution in [0.5, 0.6) is 5.75 Å². The summed E-state index contributed by atoms with van der Waals surface area (Å²) in [4.78, 5) is 18.4. The number of carbonyl (C=O) groups is 1. The Bertz CT molecular complexity index is 662.